The molecule has 0 saturated carbocycles. The van der Waals surface area contributed by atoms with E-state index in [0.717, 1.165) is 37.9 Å². The number of carbonyl (C=O) groups excluding carboxylic acids is 1. The largest absolute Gasteiger partial charge is 0.508 e. The molecule has 1 fully saturated rings. The van der Waals surface area contributed by atoms with Crippen molar-refractivity contribution in [1.29, 1.82) is 0 Å². The van der Waals surface area contributed by atoms with E-state index in [1.165, 1.54) is 11.1 Å². The molecule has 3 rings (SSSR count). The minimum absolute atomic E-state index is 0.0511. The van der Waals surface area contributed by atoms with Crippen molar-refractivity contribution in [3.63, 3.8) is 0 Å². The topological polar surface area (TPSA) is 43.8 Å². The third-order valence-corrected chi connectivity index (χ3v) is 5.07. The highest BCUT2D eigenvalue weighted by molar-refractivity contribution is 5.95. The summed E-state index contributed by atoms with van der Waals surface area (Å²) in [5.74, 6) is 0.281. The van der Waals surface area contributed by atoms with Gasteiger partial charge in [0.1, 0.15) is 5.75 Å². The maximum Gasteiger partial charge on any atom is 0.254 e. The van der Waals surface area contributed by atoms with Crippen LogP contribution >= 0.6 is 0 Å². The van der Waals surface area contributed by atoms with Crippen LogP contribution in [-0.4, -0.2) is 41.5 Å². The number of carbonyl (C=O) groups is 1. The van der Waals surface area contributed by atoms with Crippen molar-refractivity contribution in [2.45, 2.75) is 38.8 Å². The van der Waals surface area contributed by atoms with Gasteiger partial charge >= 0.3 is 0 Å². The molecular formula is C22H28N2O2. The first-order valence-corrected chi connectivity index (χ1v) is 9.30. The number of aromatic hydroxyl groups is 1. The van der Waals surface area contributed by atoms with Crippen LogP contribution in [0.4, 0.5) is 0 Å². The zero-order chi connectivity index (χ0) is 18.7. The predicted octanol–water partition coefficient (Wildman–Crippen LogP) is 4.13. The summed E-state index contributed by atoms with van der Waals surface area (Å²) in [6, 6.07) is 13.9. The van der Waals surface area contributed by atoms with Crippen molar-refractivity contribution >= 4 is 5.91 Å². The maximum atomic E-state index is 13.1. The van der Waals surface area contributed by atoms with Crippen LogP contribution in [0, 0.1) is 6.92 Å². The van der Waals surface area contributed by atoms with Gasteiger partial charge in [-0.15, -0.1) is 0 Å². The molecule has 1 amide bonds. The number of aryl methyl sites for hydroxylation is 1. The lowest BCUT2D eigenvalue weighted by Gasteiger charge is -2.36. The number of phenolic OH excluding ortho intramolecular Hbond substituents is 1. The Bertz CT molecular complexity index is 768. The molecular weight excluding hydrogens is 324 g/mol. The fourth-order valence-corrected chi connectivity index (χ4v) is 3.69. The molecule has 4 heteroatoms. The molecule has 138 valence electrons. The summed E-state index contributed by atoms with van der Waals surface area (Å²) in [7, 11) is 4.13. The Balaban J connectivity index is 1.83. The Labute approximate surface area is 156 Å². The fraction of sp³-hybridized carbons (Fsp3) is 0.409. The SMILES string of the molecule is Cc1cc(C(=O)N2CCCC[C@H]2c2ccc(CN(C)C)cc2)ccc1O. The highest BCUT2D eigenvalue weighted by Crippen LogP contribution is 2.33. The molecule has 1 heterocycles. The number of amides is 1. The minimum Gasteiger partial charge on any atom is -0.508 e. The Kier molecular flexibility index (Phi) is 5.62. The zero-order valence-electron chi connectivity index (χ0n) is 15.9. The first-order valence-electron chi connectivity index (χ1n) is 9.30. The molecule has 26 heavy (non-hydrogen) atoms. The van der Waals surface area contributed by atoms with Gasteiger partial charge in [0.25, 0.3) is 5.91 Å². The first-order chi connectivity index (χ1) is 12.5. The van der Waals surface area contributed by atoms with Crippen molar-refractivity contribution in [3.05, 3.63) is 64.7 Å². The van der Waals surface area contributed by atoms with E-state index >= 15 is 0 Å². The molecule has 0 spiro atoms. The zero-order valence-corrected chi connectivity index (χ0v) is 15.9. The van der Waals surface area contributed by atoms with E-state index in [4.69, 9.17) is 0 Å². The van der Waals surface area contributed by atoms with Gasteiger partial charge in [-0.05, 0) is 75.2 Å². The molecule has 0 bridgehead atoms. The number of benzene rings is 2. The molecule has 1 N–H and O–H groups in total. The van der Waals surface area contributed by atoms with Crippen molar-refractivity contribution in [3.8, 4) is 5.75 Å². The van der Waals surface area contributed by atoms with Gasteiger partial charge in [0, 0.05) is 18.7 Å². The molecule has 1 saturated heterocycles. The van der Waals surface area contributed by atoms with Crippen molar-refractivity contribution in [1.82, 2.24) is 9.80 Å². The maximum absolute atomic E-state index is 13.1. The molecule has 0 radical (unpaired) electrons. The van der Waals surface area contributed by atoms with Crippen LogP contribution in [0.2, 0.25) is 0 Å². The average Bonchev–Trinajstić information content (AvgIpc) is 2.63. The molecule has 4 nitrogen and oxygen atoms in total. The van der Waals surface area contributed by atoms with Gasteiger partial charge in [-0.2, -0.15) is 0 Å². The summed E-state index contributed by atoms with van der Waals surface area (Å²) in [5, 5.41) is 9.73. The summed E-state index contributed by atoms with van der Waals surface area (Å²) >= 11 is 0. The Hall–Kier alpha value is -2.33. The van der Waals surface area contributed by atoms with E-state index in [-0.39, 0.29) is 17.7 Å². The number of piperidine rings is 1. The van der Waals surface area contributed by atoms with Crippen LogP contribution in [0.5, 0.6) is 5.75 Å². The lowest BCUT2D eigenvalue weighted by atomic mass is 9.93. The van der Waals surface area contributed by atoms with Crippen LogP contribution in [0.1, 0.15) is 52.4 Å². The molecule has 0 aliphatic carbocycles. The molecule has 1 aliphatic heterocycles. The van der Waals surface area contributed by atoms with Crippen molar-refractivity contribution < 1.29 is 9.90 Å². The Morgan fingerprint density at radius 1 is 1.15 bits per heavy atom. The third-order valence-electron chi connectivity index (χ3n) is 5.07. The van der Waals surface area contributed by atoms with Gasteiger partial charge in [0.15, 0.2) is 0 Å². The standard InChI is InChI=1S/C22H28N2O2/c1-16-14-19(11-12-21(16)25)22(26)24-13-5-4-6-20(24)18-9-7-17(8-10-18)15-23(2)3/h7-12,14,20,25H,4-6,13,15H2,1-3H3/t20-/m0/s1. The minimum atomic E-state index is 0.0511. The number of nitrogens with zero attached hydrogens (tertiary/aromatic N) is 2. The first kappa shape index (κ1) is 18.5. The quantitative estimate of drug-likeness (QED) is 0.900. The second-order valence-electron chi connectivity index (χ2n) is 7.49. The number of rotatable bonds is 4. The monoisotopic (exact) mass is 352 g/mol. The average molecular weight is 352 g/mol. The summed E-state index contributed by atoms with van der Waals surface area (Å²) in [5.41, 5.74) is 3.87. The van der Waals surface area contributed by atoms with E-state index in [1.54, 1.807) is 18.2 Å². The van der Waals surface area contributed by atoms with E-state index in [2.05, 4.69) is 43.3 Å². The van der Waals surface area contributed by atoms with E-state index in [9.17, 15) is 9.90 Å². The lowest BCUT2D eigenvalue weighted by molar-refractivity contribution is 0.0611. The van der Waals surface area contributed by atoms with Gasteiger partial charge in [0.05, 0.1) is 6.04 Å². The lowest BCUT2D eigenvalue weighted by Crippen LogP contribution is -2.38. The predicted molar refractivity (Wildman–Crippen MR) is 104 cm³/mol. The van der Waals surface area contributed by atoms with Crippen LogP contribution in [-0.2, 0) is 6.54 Å². The fourth-order valence-electron chi connectivity index (χ4n) is 3.69. The molecule has 2 aromatic rings. The summed E-state index contributed by atoms with van der Waals surface area (Å²) < 4.78 is 0. The second-order valence-corrected chi connectivity index (χ2v) is 7.49. The van der Waals surface area contributed by atoms with Crippen LogP contribution in [0.3, 0.4) is 0 Å². The van der Waals surface area contributed by atoms with E-state index in [1.807, 2.05) is 11.8 Å². The summed E-state index contributed by atoms with van der Waals surface area (Å²) in [6.07, 6.45) is 3.18. The summed E-state index contributed by atoms with van der Waals surface area (Å²) in [6.45, 7) is 3.52. The Morgan fingerprint density at radius 2 is 1.88 bits per heavy atom. The van der Waals surface area contributed by atoms with E-state index in [0.29, 0.717) is 5.56 Å². The highest BCUT2D eigenvalue weighted by atomic mass is 16.3. The van der Waals surface area contributed by atoms with Crippen molar-refractivity contribution in [2.24, 2.45) is 0 Å². The van der Waals surface area contributed by atoms with Gasteiger partial charge < -0.3 is 14.9 Å². The highest BCUT2D eigenvalue weighted by Gasteiger charge is 2.28. The summed E-state index contributed by atoms with van der Waals surface area (Å²) in [4.78, 5) is 17.2. The van der Waals surface area contributed by atoms with Crippen molar-refractivity contribution in [2.75, 3.05) is 20.6 Å². The second kappa shape index (κ2) is 7.92. The van der Waals surface area contributed by atoms with Gasteiger partial charge in [-0.3, -0.25) is 4.79 Å². The normalized spacial score (nSPS) is 17.5. The van der Waals surface area contributed by atoms with Crippen LogP contribution in [0.15, 0.2) is 42.5 Å². The Morgan fingerprint density at radius 3 is 2.54 bits per heavy atom. The number of likely N-dealkylation sites (tertiary alicyclic amines) is 1. The van der Waals surface area contributed by atoms with Crippen LogP contribution < -0.4 is 0 Å². The molecule has 2 aromatic carbocycles. The number of hydrogen-bond acceptors (Lipinski definition) is 3. The number of phenols is 1. The number of hydrogen-bond donors (Lipinski definition) is 1. The van der Waals surface area contributed by atoms with Gasteiger partial charge in [0.2, 0.25) is 0 Å². The smallest absolute Gasteiger partial charge is 0.254 e. The van der Waals surface area contributed by atoms with E-state index < -0.39 is 0 Å². The molecule has 1 atom stereocenters. The molecule has 1 aliphatic rings. The molecule has 0 unspecified atom stereocenters. The van der Waals surface area contributed by atoms with Gasteiger partial charge in [-0.25, -0.2) is 0 Å². The van der Waals surface area contributed by atoms with Gasteiger partial charge in [-0.1, -0.05) is 24.3 Å². The van der Waals surface area contributed by atoms with Crippen LogP contribution in [0.25, 0.3) is 0 Å². The molecule has 0 aromatic heterocycles. The third kappa shape index (κ3) is 4.07.